The van der Waals surface area contributed by atoms with Gasteiger partial charge in [-0.25, -0.2) is 0 Å². The highest BCUT2D eigenvalue weighted by Crippen LogP contribution is 2.30. The fourth-order valence-electron chi connectivity index (χ4n) is 3.51. The molecule has 1 aliphatic carbocycles. The largest absolute Gasteiger partial charge is 0.494 e. The van der Waals surface area contributed by atoms with Crippen molar-refractivity contribution in [3.05, 3.63) is 64.7 Å². The van der Waals surface area contributed by atoms with Gasteiger partial charge in [-0.15, -0.1) is 0 Å². The maximum Gasteiger partial charge on any atom is 0.311 e. The Morgan fingerprint density at radius 3 is 2.62 bits per heavy atom. The number of hydrogen-bond acceptors (Lipinski definition) is 2. The van der Waals surface area contributed by atoms with Gasteiger partial charge in [0, 0.05) is 0 Å². The lowest BCUT2D eigenvalue weighted by atomic mass is 9.85. The van der Waals surface area contributed by atoms with E-state index in [9.17, 15) is 9.90 Å². The standard InChI is InChI=1S/C21H24O3/c1-2-24-20-10-6-5-9-18(20)14-19(21(22)23)17-12-11-15-7-3-4-8-16(15)13-17/h5-6,9-13,19H,2-4,7-8,14H2,1H3,(H,22,23). The van der Waals surface area contributed by atoms with Crippen molar-refractivity contribution < 1.29 is 14.6 Å². The van der Waals surface area contributed by atoms with E-state index >= 15 is 0 Å². The first kappa shape index (κ1) is 16.6. The first-order valence-electron chi connectivity index (χ1n) is 8.74. The first-order chi connectivity index (χ1) is 11.7. The number of ether oxygens (including phenoxy) is 1. The van der Waals surface area contributed by atoms with Crippen LogP contribution in [0, 0.1) is 0 Å². The molecule has 0 fully saturated rings. The summed E-state index contributed by atoms with van der Waals surface area (Å²) < 4.78 is 5.65. The van der Waals surface area contributed by atoms with Gasteiger partial charge in [0.1, 0.15) is 5.75 Å². The Kier molecular flexibility index (Phi) is 5.19. The molecule has 3 nitrogen and oxygen atoms in total. The van der Waals surface area contributed by atoms with Gasteiger partial charge in [-0.05, 0) is 67.3 Å². The van der Waals surface area contributed by atoms with Gasteiger partial charge in [0.25, 0.3) is 0 Å². The van der Waals surface area contributed by atoms with Gasteiger partial charge in [0.2, 0.25) is 0 Å². The van der Waals surface area contributed by atoms with Gasteiger partial charge in [0.15, 0.2) is 0 Å². The molecule has 0 saturated heterocycles. The molecular weight excluding hydrogens is 300 g/mol. The molecule has 3 rings (SSSR count). The van der Waals surface area contributed by atoms with E-state index in [1.54, 1.807) is 0 Å². The lowest BCUT2D eigenvalue weighted by Crippen LogP contribution is -2.16. The van der Waals surface area contributed by atoms with Crippen molar-refractivity contribution in [3.8, 4) is 5.75 Å². The summed E-state index contributed by atoms with van der Waals surface area (Å²) >= 11 is 0. The van der Waals surface area contributed by atoms with E-state index in [4.69, 9.17) is 4.74 Å². The number of carboxylic acid groups (broad SMARTS) is 1. The van der Waals surface area contributed by atoms with Crippen LogP contribution < -0.4 is 4.74 Å². The Morgan fingerprint density at radius 1 is 1.12 bits per heavy atom. The molecule has 0 bridgehead atoms. The normalized spacial score (nSPS) is 14.7. The van der Waals surface area contributed by atoms with Crippen LogP contribution >= 0.6 is 0 Å². The molecule has 1 aliphatic rings. The summed E-state index contributed by atoms with van der Waals surface area (Å²) in [5, 5.41) is 9.77. The highest BCUT2D eigenvalue weighted by molar-refractivity contribution is 5.77. The van der Waals surface area contributed by atoms with Gasteiger partial charge < -0.3 is 9.84 Å². The molecule has 0 aliphatic heterocycles. The van der Waals surface area contributed by atoms with Crippen LogP contribution in [0.25, 0.3) is 0 Å². The van der Waals surface area contributed by atoms with Crippen LogP contribution in [-0.2, 0) is 24.1 Å². The summed E-state index contributed by atoms with van der Waals surface area (Å²) in [6, 6.07) is 13.9. The highest BCUT2D eigenvalue weighted by Gasteiger charge is 2.23. The second-order valence-corrected chi connectivity index (χ2v) is 6.37. The van der Waals surface area contributed by atoms with E-state index in [0.29, 0.717) is 13.0 Å². The van der Waals surface area contributed by atoms with Crippen molar-refractivity contribution in [3.63, 3.8) is 0 Å². The molecule has 1 unspecified atom stereocenters. The second-order valence-electron chi connectivity index (χ2n) is 6.37. The summed E-state index contributed by atoms with van der Waals surface area (Å²) in [4.78, 5) is 11.9. The quantitative estimate of drug-likeness (QED) is 0.858. The van der Waals surface area contributed by atoms with E-state index in [0.717, 1.165) is 29.7 Å². The third kappa shape index (κ3) is 3.61. The zero-order chi connectivity index (χ0) is 16.9. The molecule has 0 aromatic heterocycles. The summed E-state index contributed by atoms with van der Waals surface area (Å²) in [6.07, 6.45) is 5.05. The van der Waals surface area contributed by atoms with Crippen LogP contribution in [0.1, 0.15) is 47.9 Å². The topological polar surface area (TPSA) is 46.5 Å². The first-order valence-corrected chi connectivity index (χ1v) is 8.74. The molecule has 0 spiro atoms. The number of benzene rings is 2. The number of fused-ring (bicyclic) bond motifs is 1. The Hall–Kier alpha value is -2.29. The molecule has 0 saturated carbocycles. The van der Waals surface area contributed by atoms with Crippen molar-refractivity contribution in [2.75, 3.05) is 6.61 Å². The molecule has 1 atom stereocenters. The van der Waals surface area contributed by atoms with Crippen LogP contribution in [0.15, 0.2) is 42.5 Å². The maximum atomic E-state index is 11.9. The molecule has 1 N–H and O–H groups in total. The SMILES string of the molecule is CCOc1ccccc1CC(C(=O)O)c1ccc2c(c1)CCCC2. The second kappa shape index (κ2) is 7.52. The van der Waals surface area contributed by atoms with Crippen molar-refractivity contribution in [2.24, 2.45) is 0 Å². The molecule has 2 aromatic rings. The van der Waals surface area contributed by atoms with E-state index in [1.807, 2.05) is 37.3 Å². The minimum atomic E-state index is -0.780. The number of aliphatic carboxylic acids is 1. The maximum absolute atomic E-state index is 11.9. The Bertz CT molecular complexity index is 721. The van der Waals surface area contributed by atoms with Gasteiger partial charge in [-0.3, -0.25) is 4.79 Å². The average molecular weight is 324 g/mol. The summed E-state index contributed by atoms with van der Waals surface area (Å²) in [6.45, 7) is 2.52. The van der Waals surface area contributed by atoms with Crippen molar-refractivity contribution in [2.45, 2.75) is 44.9 Å². The average Bonchev–Trinajstić information content (AvgIpc) is 2.60. The van der Waals surface area contributed by atoms with Crippen molar-refractivity contribution in [1.29, 1.82) is 0 Å². The van der Waals surface area contributed by atoms with Crippen molar-refractivity contribution >= 4 is 5.97 Å². The molecule has 2 aromatic carbocycles. The third-order valence-corrected chi connectivity index (χ3v) is 4.77. The number of carbonyl (C=O) groups is 1. The molecule has 0 radical (unpaired) electrons. The van der Waals surface area contributed by atoms with Gasteiger partial charge in [-0.1, -0.05) is 36.4 Å². The van der Waals surface area contributed by atoms with Crippen LogP contribution in [0.2, 0.25) is 0 Å². The van der Waals surface area contributed by atoms with E-state index in [-0.39, 0.29) is 0 Å². The summed E-state index contributed by atoms with van der Waals surface area (Å²) in [5.41, 5.74) is 4.55. The Morgan fingerprint density at radius 2 is 1.88 bits per heavy atom. The summed E-state index contributed by atoms with van der Waals surface area (Å²) in [7, 11) is 0. The molecular formula is C21H24O3. The van der Waals surface area contributed by atoms with Gasteiger partial charge >= 0.3 is 5.97 Å². The van der Waals surface area contributed by atoms with E-state index < -0.39 is 11.9 Å². The smallest absolute Gasteiger partial charge is 0.311 e. The highest BCUT2D eigenvalue weighted by atomic mass is 16.5. The molecule has 0 amide bonds. The number of para-hydroxylation sites is 1. The van der Waals surface area contributed by atoms with E-state index in [2.05, 4.69) is 12.1 Å². The lowest BCUT2D eigenvalue weighted by Gasteiger charge is -2.20. The number of hydrogen-bond donors (Lipinski definition) is 1. The minimum Gasteiger partial charge on any atom is -0.494 e. The zero-order valence-electron chi connectivity index (χ0n) is 14.1. The van der Waals surface area contributed by atoms with Gasteiger partial charge in [0.05, 0.1) is 12.5 Å². The van der Waals surface area contributed by atoms with Crippen LogP contribution in [0.4, 0.5) is 0 Å². The fourth-order valence-corrected chi connectivity index (χ4v) is 3.51. The molecule has 126 valence electrons. The number of rotatable bonds is 6. The predicted octanol–water partition coefficient (Wildman–Crippen LogP) is 4.38. The predicted molar refractivity (Wildman–Crippen MR) is 94.8 cm³/mol. The third-order valence-electron chi connectivity index (χ3n) is 4.77. The van der Waals surface area contributed by atoms with E-state index in [1.165, 1.54) is 24.0 Å². The zero-order valence-corrected chi connectivity index (χ0v) is 14.1. The van der Waals surface area contributed by atoms with Crippen molar-refractivity contribution in [1.82, 2.24) is 0 Å². The number of aryl methyl sites for hydroxylation is 2. The van der Waals surface area contributed by atoms with Crippen LogP contribution in [-0.4, -0.2) is 17.7 Å². The van der Waals surface area contributed by atoms with Crippen LogP contribution in [0.3, 0.4) is 0 Å². The van der Waals surface area contributed by atoms with Crippen LogP contribution in [0.5, 0.6) is 5.75 Å². The molecule has 24 heavy (non-hydrogen) atoms. The Balaban J connectivity index is 1.89. The number of carboxylic acids is 1. The monoisotopic (exact) mass is 324 g/mol. The minimum absolute atomic E-state index is 0.449. The Labute approximate surface area is 143 Å². The summed E-state index contributed by atoms with van der Waals surface area (Å²) in [5.74, 6) is -0.542. The molecule has 3 heteroatoms. The van der Waals surface area contributed by atoms with Gasteiger partial charge in [-0.2, -0.15) is 0 Å². The lowest BCUT2D eigenvalue weighted by molar-refractivity contribution is -0.138. The fraction of sp³-hybridized carbons (Fsp3) is 0.381. The molecule has 0 heterocycles.